The molecule has 1 atom stereocenters. The van der Waals surface area contributed by atoms with Crippen molar-refractivity contribution in [1.82, 2.24) is 0 Å². The van der Waals surface area contributed by atoms with Crippen LogP contribution < -0.4 is 0 Å². The summed E-state index contributed by atoms with van der Waals surface area (Å²) < 4.78 is 0. The highest BCUT2D eigenvalue weighted by Gasteiger charge is 2.08. The minimum absolute atomic E-state index is 0.271. The predicted octanol–water partition coefficient (Wildman–Crippen LogP) is 4.13. The summed E-state index contributed by atoms with van der Waals surface area (Å²) in [4.78, 5) is 10.9. The molecule has 0 radical (unpaired) electrons. The van der Waals surface area contributed by atoms with E-state index >= 15 is 0 Å². The van der Waals surface area contributed by atoms with Crippen molar-refractivity contribution in [3.63, 3.8) is 0 Å². The maximum Gasteiger partial charge on any atom is 0.130 e. The fourth-order valence-electron chi connectivity index (χ4n) is 1.60. The Morgan fingerprint density at radius 2 is 1.93 bits per heavy atom. The molecule has 14 heavy (non-hydrogen) atoms. The van der Waals surface area contributed by atoms with E-state index in [0.717, 1.165) is 6.42 Å². The van der Waals surface area contributed by atoms with Gasteiger partial charge in [0, 0.05) is 6.42 Å². The van der Waals surface area contributed by atoms with Crippen LogP contribution in [0.25, 0.3) is 0 Å². The molecule has 0 aromatic heterocycles. The maximum atomic E-state index is 10.9. The Balaban J connectivity index is 3.57. The van der Waals surface area contributed by atoms with E-state index in [1.165, 1.54) is 31.3 Å². The summed E-state index contributed by atoms with van der Waals surface area (Å²) in [5.74, 6) is 0.640. The lowest BCUT2D eigenvalue weighted by Gasteiger charge is -2.12. The molecule has 0 fully saturated rings. The third-order valence-corrected chi connectivity index (χ3v) is 2.64. The number of ketones is 1. The van der Waals surface area contributed by atoms with Crippen molar-refractivity contribution in [1.29, 1.82) is 0 Å². The smallest absolute Gasteiger partial charge is 0.130 e. The van der Waals surface area contributed by atoms with Crippen LogP contribution in [-0.4, -0.2) is 5.78 Å². The second kappa shape index (κ2) is 7.78. The monoisotopic (exact) mass is 196 g/mol. The Morgan fingerprint density at radius 1 is 1.29 bits per heavy atom. The molecule has 82 valence electrons. The maximum absolute atomic E-state index is 10.9. The van der Waals surface area contributed by atoms with Gasteiger partial charge in [-0.05, 0) is 25.7 Å². The summed E-state index contributed by atoms with van der Waals surface area (Å²) in [5, 5.41) is 0. The first kappa shape index (κ1) is 13.4. The lowest BCUT2D eigenvalue weighted by molar-refractivity contribution is -0.117. The summed E-state index contributed by atoms with van der Waals surface area (Å²) in [6, 6.07) is 0. The van der Waals surface area contributed by atoms with Crippen LogP contribution in [-0.2, 0) is 4.79 Å². The molecule has 0 aromatic carbocycles. The van der Waals surface area contributed by atoms with Crippen molar-refractivity contribution < 1.29 is 4.79 Å². The summed E-state index contributed by atoms with van der Waals surface area (Å²) in [6.07, 6.45) is 6.86. The van der Waals surface area contributed by atoms with Crippen LogP contribution in [0, 0.1) is 5.92 Å². The van der Waals surface area contributed by atoms with Gasteiger partial charge in [0.15, 0.2) is 0 Å². The molecule has 0 N–H and O–H groups in total. The summed E-state index contributed by atoms with van der Waals surface area (Å²) in [5.41, 5.74) is 1.25. The zero-order valence-electron chi connectivity index (χ0n) is 9.94. The number of allylic oxidation sites excluding steroid dienone is 1. The summed E-state index contributed by atoms with van der Waals surface area (Å²) in [6.45, 7) is 10.0. The van der Waals surface area contributed by atoms with Crippen LogP contribution in [0.15, 0.2) is 12.2 Å². The number of hydrogen-bond acceptors (Lipinski definition) is 1. The minimum atomic E-state index is 0.271. The van der Waals surface area contributed by atoms with E-state index in [2.05, 4.69) is 20.4 Å². The highest BCUT2D eigenvalue weighted by Crippen LogP contribution is 2.19. The molecule has 0 spiro atoms. The van der Waals surface area contributed by atoms with E-state index in [4.69, 9.17) is 0 Å². The normalized spacial score (nSPS) is 12.5. The Hall–Kier alpha value is -0.590. The average Bonchev–Trinajstić information content (AvgIpc) is 2.11. The first-order chi connectivity index (χ1) is 6.57. The second-order valence-electron chi connectivity index (χ2n) is 4.28. The SMILES string of the molecule is C=C(CCCCCC)C(C)CC(C)=O. The zero-order chi connectivity index (χ0) is 11.0. The highest BCUT2D eigenvalue weighted by molar-refractivity contribution is 5.76. The van der Waals surface area contributed by atoms with Crippen molar-refractivity contribution in [2.45, 2.75) is 59.3 Å². The van der Waals surface area contributed by atoms with E-state index in [-0.39, 0.29) is 5.78 Å². The van der Waals surface area contributed by atoms with Gasteiger partial charge in [-0.15, -0.1) is 0 Å². The molecule has 0 heterocycles. The van der Waals surface area contributed by atoms with Gasteiger partial charge in [0.1, 0.15) is 5.78 Å². The van der Waals surface area contributed by atoms with Gasteiger partial charge in [-0.1, -0.05) is 45.3 Å². The van der Waals surface area contributed by atoms with Crippen molar-refractivity contribution in [2.75, 3.05) is 0 Å². The molecule has 0 rings (SSSR count). The molecule has 1 unspecified atom stereocenters. The number of carbonyl (C=O) groups is 1. The van der Waals surface area contributed by atoms with E-state index in [0.29, 0.717) is 12.3 Å². The molecular formula is C13H24O. The minimum Gasteiger partial charge on any atom is -0.300 e. The predicted molar refractivity (Wildman–Crippen MR) is 62.4 cm³/mol. The quantitative estimate of drug-likeness (QED) is 0.421. The number of unbranched alkanes of at least 4 members (excludes halogenated alkanes) is 3. The standard InChI is InChI=1S/C13H24O/c1-5-6-7-8-9-11(2)12(3)10-13(4)14/h12H,2,5-10H2,1,3-4H3. The molecule has 0 amide bonds. The fraction of sp³-hybridized carbons (Fsp3) is 0.769. The zero-order valence-corrected chi connectivity index (χ0v) is 9.94. The van der Waals surface area contributed by atoms with Gasteiger partial charge in [-0.3, -0.25) is 0 Å². The number of Topliss-reactive ketones (excluding diaryl/α,β-unsaturated/α-hetero) is 1. The van der Waals surface area contributed by atoms with Gasteiger partial charge >= 0.3 is 0 Å². The molecule has 1 heteroatoms. The van der Waals surface area contributed by atoms with Crippen LogP contribution in [0.3, 0.4) is 0 Å². The van der Waals surface area contributed by atoms with Gasteiger partial charge in [-0.2, -0.15) is 0 Å². The number of hydrogen-bond donors (Lipinski definition) is 0. The van der Waals surface area contributed by atoms with Gasteiger partial charge in [-0.25, -0.2) is 0 Å². The third-order valence-electron chi connectivity index (χ3n) is 2.64. The van der Waals surface area contributed by atoms with E-state index in [1.807, 2.05) is 0 Å². The van der Waals surface area contributed by atoms with Crippen molar-refractivity contribution in [3.8, 4) is 0 Å². The van der Waals surface area contributed by atoms with E-state index in [9.17, 15) is 4.79 Å². The molecule has 0 bridgehead atoms. The summed E-state index contributed by atoms with van der Waals surface area (Å²) in [7, 11) is 0. The van der Waals surface area contributed by atoms with E-state index < -0.39 is 0 Å². The van der Waals surface area contributed by atoms with Gasteiger partial charge in [0.2, 0.25) is 0 Å². The van der Waals surface area contributed by atoms with Crippen LogP contribution in [0.4, 0.5) is 0 Å². The Bertz CT molecular complexity index is 182. The topological polar surface area (TPSA) is 17.1 Å². The average molecular weight is 196 g/mol. The Labute approximate surface area is 88.6 Å². The largest absolute Gasteiger partial charge is 0.300 e. The van der Waals surface area contributed by atoms with Crippen LogP contribution in [0.2, 0.25) is 0 Å². The van der Waals surface area contributed by atoms with Gasteiger partial charge in [0.05, 0.1) is 0 Å². The first-order valence-electron chi connectivity index (χ1n) is 5.75. The van der Waals surface area contributed by atoms with Crippen LogP contribution in [0.5, 0.6) is 0 Å². The highest BCUT2D eigenvalue weighted by atomic mass is 16.1. The van der Waals surface area contributed by atoms with Crippen LogP contribution in [0.1, 0.15) is 59.3 Å². The third kappa shape index (κ3) is 6.88. The van der Waals surface area contributed by atoms with Crippen molar-refractivity contribution in [2.24, 2.45) is 5.92 Å². The van der Waals surface area contributed by atoms with E-state index in [1.54, 1.807) is 6.92 Å². The molecule has 1 nitrogen and oxygen atoms in total. The number of carbonyl (C=O) groups excluding carboxylic acids is 1. The molecule has 0 aliphatic rings. The first-order valence-corrected chi connectivity index (χ1v) is 5.75. The van der Waals surface area contributed by atoms with Gasteiger partial charge < -0.3 is 4.79 Å². The fourth-order valence-corrected chi connectivity index (χ4v) is 1.60. The lowest BCUT2D eigenvalue weighted by Crippen LogP contribution is -2.04. The lowest BCUT2D eigenvalue weighted by atomic mass is 9.93. The Morgan fingerprint density at radius 3 is 2.43 bits per heavy atom. The van der Waals surface area contributed by atoms with Crippen LogP contribution >= 0.6 is 0 Å². The second-order valence-corrected chi connectivity index (χ2v) is 4.28. The Kier molecular flexibility index (Phi) is 7.45. The van der Waals surface area contributed by atoms with Crippen molar-refractivity contribution >= 4 is 5.78 Å². The molecule has 0 aliphatic carbocycles. The van der Waals surface area contributed by atoms with Crippen molar-refractivity contribution in [3.05, 3.63) is 12.2 Å². The molecular weight excluding hydrogens is 172 g/mol. The molecule has 0 saturated carbocycles. The van der Waals surface area contributed by atoms with Gasteiger partial charge in [0.25, 0.3) is 0 Å². The summed E-state index contributed by atoms with van der Waals surface area (Å²) >= 11 is 0. The molecule has 0 aliphatic heterocycles. The number of rotatable bonds is 8. The molecule has 0 aromatic rings. The molecule has 0 saturated heterocycles.